The lowest BCUT2D eigenvalue weighted by molar-refractivity contribution is 0.629. The van der Waals surface area contributed by atoms with Gasteiger partial charge in [0.05, 0.1) is 0 Å². The summed E-state index contributed by atoms with van der Waals surface area (Å²) < 4.78 is 6.31. The second-order valence-electron chi connectivity index (χ2n) is 10.3. The molecule has 0 amide bonds. The van der Waals surface area contributed by atoms with Crippen LogP contribution in [-0.4, -0.2) is 0 Å². The van der Waals surface area contributed by atoms with Gasteiger partial charge in [-0.2, -0.15) is 0 Å². The van der Waals surface area contributed by atoms with Crippen molar-refractivity contribution < 1.29 is 4.42 Å². The Morgan fingerprint density at radius 2 is 0.902 bits per heavy atom. The van der Waals surface area contributed by atoms with Crippen molar-refractivity contribution in [3.05, 3.63) is 163 Å². The first kappa shape index (κ1) is 24.7. The van der Waals surface area contributed by atoms with E-state index in [1.54, 1.807) is 0 Å². The molecule has 6 aromatic carbocycles. The van der Waals surface area contributed by atoms with Crippen LogP contribution in [0.25, 0.3) is 44.5 Å². The SMILES string of the molecule is Cc1c(-c2cccc(N(c3ccccc3)c3ccc(-c4ccc(-c5ccccc5)cc4)cc3)c2)oc2ccccc12. The van der Waals surface area contributed by atoms with E-state index in [1.807, 2.05) is 18.2 Å². The number of fused-ring (bicyclic) bond motifs is 1. The van der Waals surface area contributed by atoms with E-state index >= 15 is 0 Å². The molecule has 1 heterocycles. The molecule has 0 aliphatic carbocycles. The molecule has 0 saturated carbocycles. The Morgan fingerprint density at radius 1 is 0.415 bits per heavy atom. The molecule has 0 saturated heterocycles. The van der Waals surface area contributed by atoms with Crippen LogP contribution in [0.4, 0.5) is 17.1 Å². The number of hydrogen-bond donors (Lipinski definition) is 0. The Bertz CT molecular complexity index is 1920. The first-order valence-electron chi connectivity index (χ1n) is 13.9. The molecule has 41 heavy (non-hydrogen) atoms. The maximum atomic E-state index is 6.31. The van der Waals surface area contributed by atoms with Gasteiger partial charge in [-0.25, -0.2) is 0 Å². The summed E-state index contributed by atoms with van der Waals surface area (Å²) in [7, 11) is 0. The summed E-state index contributed by atoms with van der Waals surface area (Å²) in [5.41, 5.74) is 11.3. The first-order chi connectivity index (χ1) is 20.2. The van der Waals surface area contributed by atoms with E-state index in [0.29, 0.717) is 0 Å². The fourth-order valence-electron chi connectivity index (χ4n) is 5.55. The fraction of sp³-hybridized carbons (Fsp3) is 0.0256. The molecule has 0 unspecified atom stereocenters. The lowest BCUT2D eigenvalue weighted by atomic mass is 10.00. The molecule has 0 radical (unpaired) electrons. The Morgan fingerprint density at radius 3 is 1.56 bits per heavy atom. The van der Waals surface area contributed by atoms with Crippen LogP contribution in [0.15, 0.2) is 162 Å². The van der Waals surface area contributed by atoms with Gasteiger partial charge in [0.1, 0.15) is 11.3 Å². The van der Waals surface area contributed by atoms with Crippen molar-refractivity contribution in [1.82, 2.24) is 0 Å². The fourth-order valence-corrected chi connectivity index (χ4v) is 5.55. The minimum Gasteiger partial charge on any atom is -0.456 e. The van der Waals surface area contributed by atoms with Crippen LogP contribution in [0.2, 0.25) is 0 Å². The number of nitrogens with zero attached hydrogens (tertiary/aromatic N) is 1. The highest BCUT2D eigenvalue weighted by Gasteiger charge is 2.16. The van der Waals surface area contributed by atoms with E-state index in [-0.39, 0.29) is 0 Å². The molecule has 0 spiro atoms. The summed E-state index contributed by atoms with van der Waals surface area (Å²) in [5, 5.41) is 1.15. The van der Waals surface area contributed by atoms with Crippen LogP contribution in [0.5, 0.6) is 0 Å². The number of hydrogen-bond acceptors (Lipinski definition) is 2. The molecule has 7 rings (SSSR count). The molecular weight excluding hydrogens is 498 g/mol. The van der Waals surface area contributed by atoms with E-state index in [0.717, 1.165) is 44.9 Å². The van der Waals surface area contributed by atoms with E-state index in [1.165, 1.54) is 22.3 Å². The van der Waals surface area contributed by atoms with Crippen molar-refractivity contribution in [3.8, 4) is 33.6 Å². The van der Waals surface area contributed by atoms with Gasteiger partial charge in [-0.05, 0) is 71.6 Å². The average Bonchev–Trinajstić information content (AvgIpc) is 3.39. The summed E-state index contributed by atoms with van der Waals surface area (Å²) in [4.78, 5) is 2.30. The van der Waals surface area contributed by atoms with Crippen molar-refractivity contribution >= 4 is 28.0 Å². The van der Waals surface area contributed by atoms with Crippen LogP contribution >= 0.6 is 0 Å². The molecular formula is C39H29NO. The van der Waals surface area contributed by atoms with Crippen LogP contribution < -0.4 is 4.90 Å². The molecule has 2 heteroatoms. The maximum absolute atomic E-state index is 6.31. The highest BCUT2D eigenvalue weighted by Crippen LogP contribution is 2.39. The average molecular weight is 528 g/mol. The normalized spacial score (nSPS) is 11.0. The molecule has 0 aliphatic heterocycles. The topological polar surface area (TPSA) is 16.4 Å². The van der Waals surface area contributed by atoms with Crippen molar-refractivity contribution in [2.45, 2.75) is 6.92 Å². The molecule has 7 aromatic rings. The van der Waals surface area contributed by atoms with Crippen LogP contribution in [0.1, 0.15) is 5.56 Å². The third-order valence-corrected chi connectivity index (χ3v) is 7.68. The van der Waals surface area contributed by atoms with Gasteiger partial charge in [-0.1, -0.05) is 115 Å². The van der Waals surface area contributed by atoms with Gasteiger partial charge in [0.2, 0.25) is 0 Å². The van der Waals surface area contributed by atoms with Crippen molar-refractivity contribution in [3.63, 3.8) is 0 Å². The Kier molecular flexibility index (Phi) is 6.42. The number of para-hydroxylation sites is 2. The second-order valence-corrected chi connectivity index (χ2v) is 10.3. The van der Waals surface area contributed by atoms with Gasteiger partial charge >= 0.3 is 0 Å². The van der Waals surface area contributed by atoms with Gasteiger partial charge in [0.15, 0.2) is 0 Å². The Balaban J connectivity index is 1.24. The second kappa shape index (κ2) is 10.7. The van der Waals surface area contributed by atoms with Gasteiger partial charge < -0.3 is 9.32 Å². The maximum Gasteiger partial charge on any atom is 0.138 e. The number of anilines is 3. The number of rotatable bonds is 6. The zero-order chi connectivity index (χ0) is 27.6. The van der Waals surface area contributed by atoms with E-state index in [2.05, 4.69) is 151 Å². The molecule has 0 bridgehead atoms. The van der Waals surface area contributed by atoms with Crippen LogP contribution in [0, 0.1) is 6.92 Å². The summed E-state index contributed by atoms with van der Waals surface area (Å²) in [5.74, 6) is 0.912. The van der Waals surface area contributed by atoms with E-state index < -0.39 is 0 Å². The molecule has 0 fully saturated rings. The predicted octanol–water partition coefficient (Wildman–Crippen LogP) is 11.2. The monoisotopic (exact) mass is 527 g/mol. The first-order valence-corrected chi connectivity index (χ1v) is 13.9. The summed E-state index contributed by atoms with van der Waals surface area (Å²) >= 11 is 0. The third-order valence-electron chi connectivity index (χ3n) is 7.68. The molecule has 0 aliphatic rings. The number of benzene rings is 6. The van der Waals surface area contributed by atoms with Gasteiger partial charge in [0.25, 0.3) is 0 Å². The summed E-state index contributed by atoms with van der Waals surface area (Å²) in [6.07, 6.45) is 0. The molecule has 196 valence electrons. The smallest absolute Gasteiger partial charge is 0.138 e. The van der Waals surface area contributed by atoms with Gasteiger partial charge in [-0.3, -0.25) is 0 Å². The van der Waals surface area contributed by atoms with Crippen LogP contribution in [0.3, 0.4) is 0 Å². The van der Waals surface area contributed by atoms with E-state index in [4.69, 9.17) is 4.42 Å². The highest BCUT2D eigenvalue weighted by molar-refractivity contribution is 5.89. The largest absolute Gasteiger partial charge is 0.456 e. The van der Waals surface area contributed by atoms with Gasteiger partial charge in [0, 0.05) is 33.6 Å². The summed E-state index contributed by atoms with van der Waals surface area (Å²) in [6.45, 7) is 2.13. The minimum absolute atomic E-state index is 0.912. The van der Waals surface area contributed by atoms with Crippen molar-refractivity contribution in [2.75, 3.05) is 4.90 Å². The van der Waals surface area contributed by atoms with Crippen molar-refractivity contribution in [2.24, 2.45) is 0 Å². The quantitative estimate of drug-likeness (QED) is 0.214. The Labute approximate surface area is 240 Å². The summed E-state index contributed by atoms with van der Waals surface area (Å²) in [6, 6.07) is 55.4. The lowest BCUT2D eigenvalue weighted by Crippen LogP contribution is -2.09. The van der Waals surface area contributed by atoms with E-state index in [9.17, 15) is 0 Å². The molecule has 1 aromatic heterocycles. The number of furan rings is 1. The zero-order valence-corrected chi connectivity index (χ0v) is 22.9. The molecule has 2 nitrogen and oxygen atoms in total. The standard InChI is InChI=1S/C39H29NO/c1-28-37-17-8-9-18-38(37)41-39(28)33-13-10-16-36(27-33)40(34-14-6-3-7-15-34)35-25-23-32(24-26-35)31-21-19-30(20-22-31)29-11-4-2-5-12-29/h2-27H,1H3. The van der Waals surface area contributed by atoms with Crippen molar-refractivity contribution in [1.29, 1.82) is 0 Å². The highest BCUT2D eigenvalue weighted by atomic mass is 16.3. The molecule has 0 N–H and O–H groups in total. The third kappa shape index (κ3) is 4.81. The van der Waals surface area contributed by atoms with Gasteiger partial charge in [-0.15, -0.1) is 0 Å². The molecule has 0 atom stereocenters. The minimum atomic E-state index is 0.912. The van der Waals surface area contributed by atoms with Crippen LogP contribution in [-0.2, 0) is 0 Å². The predicted molar refractivity (Wildman–Crippen MR) is 172 cm³/mol. The Hall–Kier alpha value is -5.34. The number of aryl methyl sites for hydroxylation is 1. The lowest BCUT2D eigenvalue weighted by Gasteiger charge is -2.26. The zero-order valence-electron chi connectivity index (χ0n) is 22.9.